The molecule has 2 rings (SSSR count). The molecule has 128 valence electrons. The standard InChI is InChI=1S/C19H22FNO3/c1-3-23-17-7-4-5-8-18(17)24-12-6-9-19(22)21-16-13-15(20)11-10-14(16)2/h4-5,7-8,10-11,13H,3,6,9,12H2,1-2H3,(H,21,22). The summed E-state index contributed by atoms with van der Waals surface area (Å²) in [5.41, 5.74) is 1.33. The van der Waals surface area contributed by atoms with Gasteiger partial charge in [-0.15, -0.1) is 0 Å². The fraction of sp³-hybridized carbons (Fsp3) is 0.316. The summed E-state index contributed by atoms with van der Waals surface area (Å²) in [6.45, 7) is 4.70. The van der Waals surface area contributed by atoms with Crippen LogP contribution in [0.3, 0.4) is 0 Å². The molecule has 1 N–H and O–H groups in total. The van der Waals surface area contributed by atoms with Crippen LogP contribution >= 0.6 is 0 Å². The van der Waals surface area contributed by atoms with E-state index < -0.39 is 0 Å². The van der Waals surface area contributed by atoms with E-state index in [-0.39, 0.29) is 11.7 Å². The number of aryl methyl sites for hydroxylation is 1. The van der Waals surface area contributed by atoms with Crippen molar-refractivity contribution in [2.45, 2.75) is 26.7 Å². The van der Waals surface area contributed by atoms with E-state index in [4.69, 9.17) is 9.47 Å². The number of para-hydroxylation sites is 2. The Morgan fingerprint density at radius 3 is 2.54 bits per heavy atom. The van der Waals surface area contributed by atoms with Crippen molar-refractivity contribution in [3.8, 4) is 11.5 Å². The molecule has 0 aliphatic carbocycles. The summed E-state index contributed by atoms with van der Waals surface area (Å²) >= 11 is 0. The van der Waals surface area contributed by atoms with Crippen molar-refractivity contribution >= 4 is 11.6 Å². The highest BCUT2D eigenvalue weighted by atomic mass is 19.1. The van der Waals surface area contributed by atoms with Crippen molar-refractivity contribution in [2.24, 2.45) is 0 Å². The average molecular weight is 331 g/mol. The van der Waals surface area contributed by atoms with Gasteiger partial charge in [0.25, 0.3) is 0 Å². The molecule has 2 aromatic carbocycles. The van der Waals surface area contributed by atoms with Crippen LogP contribution in [0, 0.1) is 12.7 Å². The summed E-state index contributed by atoms with van der Waals surface area (Å²) < 4.78 is 24.4. The fourth-order valence-corrected chi connectivity index (χ4v) is 2.20. The Morgan fingerprint density at radius 1 is 1.12 bits per heavy atom. The molecular formula is C19H22FNO3. The van der Waals surface area contributed by atoms with Gasteiger partial charge in [-0.05, 0) is 50.1 Å². The number of benzene rings is 2. The molecular weight excluding hydrogens is 309 g/mol. The third-order valence-corrected chi connectivity index (χ3v) is 3.43. The zero-order valence-corrected chi connectivity index (χ0v) is 14.0. The number of amides is 1. The van der Waals surface area contributed by atoms with Crippen LogP contribution in [0.2, 0.25) is 0 Å². The van der Waals surface area contributed by atoms with Gasteiger partial charge in [-0.25, -0.2) is 4.39 Å². The van der Waals surface area contributed by atoms with Crippen molar-refractivity contribution in [1.29, 1.82) is 0 Å². The molecule has 0 unspecified atom stereocenters. The van der Waals surface area contributed by atoms with Gasteiger partial charge in [0.2, 0.25) is 5.91 Å². The number of halogens is 1. The van der Waals surface area contributed by atoms with Crippen molar-refractivity contribution in [1.82, 2.24) is 0 Å². The highest BCUT2D eigenvalue weighted by molar-refractivity contribution is 5.91. The van der Waals surface area contributed by atoms with Gasteiger partial charge in [-0.2, -0.15) is 0 Å². The van der Waals surface area contributed by atoms with Gasteiger partial charge in [0.1, 0.15) is 5.82 Å². The number of nitrogens with one attached hydrogen (secondary N) is 1. The van der Waals surface area contributed by atoms with Crippen LogP contribution in [0.1, 0.15) is 25.3 Å². The number of anilines is 1. The van der Waals surface area contributed by atoms with E-state index >= 15 is 0 Å². The molecule has 0 aromatic heterocycles. The second-order valence-electron chi connectivity index (χ2n) is 5.34. The van der Waals surface area contributed by atoms with Gasteiger partial charge in [0, 0.05) is 12.1 Å². The number of carbonyl (C=O) groups excluding carboxylic acids is 1. The zero-order valence-electron chi connectivity index (χ0n) is 14.0. The van der Waals surface area contributed by atoms with E-state index in [0.717, 1.165) is 5.56 Å². The lowest BCUT2D eigenvalue weighted by molar-refractivity contribution is -0.116. The Hall–Kier alpha value is -2.56. The number of ether oxygens (including phenoxy) is 2. The highest BCUT2D eigenvalue weighted by Crippen LogP contribution is 2.26. The lowest BCUT2D eigenvalue weighted by Crippen LogP contribution is -2.14. The van der Waals surface area contributed by atoms with Gasteiger partial charge in [0.05, 0.1) is 13.2 Å². The Balaban J connectivity index is 1.78. The molecule has 0 atom stereocenters. The minimum Gasteiger partial charge on any atom is -0.490 e. The summed E-state index contributed by atoms with van der Waals surface area (Å²) in [5.74, 6) is 0.831. The first-order chi connectivity index (χ1) is 11.6. The monoisotopic (exact) mass is 331 g/mol. The molecule has 0 aliphatic heterocycles. The molecule has 5 heteroatoms. The SMILES string of the molecule is CCOc1ccccc1OCCCC(=O)Nc1cc(F)ccc1C. The molecule has 0 saturated carbocycles. The van der Waals surface area contributed by atoms with Crippen LogP contribution in [0.25, 0.3) is 0 Å². The molecule has 0 radical (unpaired) electrons. The van der Waals surface area contributed by atoms with E-state index in [1.54, 1.807) is 6.07 Å². The minimum absolute atomic E-state index is 0.162. The van der Waals surface area contributed by atoms with Crippen molar-refractivity contribution < 1.29 is 18.7 Å². The quantitative estimate of drug-likeness (QED) is 0.732. The van der Waals surface area contributed by atoms with Crippen molar-refractivity contribution in [3.05, 3.63) is 53.8 Å². The van der Waals surface area contributed by atoms with Crippen LogP contribution < -0.4 is 14.8 Å². The highest BCUT2D eigenvalue weighted by Gasteiger charge is 2.07. The maximum absolute atomic E-state index is 13.2. The summed E-state index contributed by atoms with van der Waals surface area (Å²) in [4.78, 5) is 11.9. The second-order valence-corrected chi connectivity index (χ2v) is 5.34. The van der Waals surface area contributed by atoms with E-state index in [1.165, 1.54) is 12.1 Å². The average Bonchev–Trinajstić information content (AvgIpc) is 2.56. The summed E-state index contributed by atoms with van der Waals surface area (Å²) in [6, 6.07) is 11.8. The first kappa shape index (κ1) is 17.8. The van der Waals surface area contributed by atoms with Crippen LogP contribution in [0.4, 0.5) is 10.1 Å². The molecule has 0 aliphatic rings. The Morgan fingerprint density at radius 2 is 1.83 bits per heavy atom. The number of rotatable bonds is 8. The Bertz CT molecular complexity index is 688. The maximum atomic E-state index is 13.2. The lowest BCUT2D eigenvalue weighted by Gasteiger charge is -2.12. The van der Waals surface area contributed by atoms with Crippen LogP contribution in [0.15, 0.2) is 42.5 Å². The summed E-state index contributed by atoms with van der Waals surface area (Å²) in [5, 5.41) is 2.72. The van der Waals surface area contributed by atoms with Crippen molar-refractivity contribution in [3.63, 3.8) is 0 Å². The van der Waals surface area contributed by atoms with E-state index in [1.807, 2.05) is 38.1 Å². The van der Waals surface area contributed by atoms with Gasteiger partial charge >= 0.3 is 0 Å². The second kappa shape index (κ2) is 8.91. The Labute approximate surface area is 141 Å². The molecule has 24 heavy (non-hydrogen) atoms. The normalized spacial score (nSPS) is 10.3. The predicted molar refractivity (Wildman–Crippen MR) is 92.1 cm³/mol. The van der Waals surface area contributed by atoms with Gasteiger partial charge < -0.3 is 14.8 Å². The minimum atomic E-state index is -0.369. The molecule has 0 bridgehead atoms. The van der Waals surface area contributed by atoms with E-state index in [9.17, 15) is 9.18 Å². The molecule has 0 heterocycles. The third-order valence-electron chi connectivity index (χ3n) is 3.43. The first-order valence-electron chi connectivity index (χ1n) is 8.00. The third kappa shape index (κ3) is 5.26. The molecule has 0 saturated heterocycles. The lowest BCUT2D eigenvalue weighted by atomic mass is 10.2. The van der Waals surface area contributed by atoms with E-state index in [2.05, 4.69) is 5.32 Å². The van der Waals surface area contributed by atoms with Gasteiger partial charge in [-0.3, -0.25) is 4.79 Å². The number of carbonyl (C=O) groups is 1. The first-order valence-corrected chi connectivity index (χ1v) is 8.00. The molecule has 0 spiro atoms. The molecule has 0 fully saturated rings. The fourth-order valence-electron chi connectivity index (χ4n) is 2.20. The number of hydrogen-bond donors (Lipinski definition) is 1. The topological polar surface area (TPSA) is 47.6 Å². The predicted octanol–water partition coefficient (Wildman–Crippen LogP) is 4.33. The van der Waals surface area contributed by atoms with Crippen molar-refractivity contribution in [2.75, 3.05) is 18.5 Å². The molecule has 2 aromatic rings. The van der Waals surface area contributed by atoms with Gasteiger partial charge in [0.15, 0.2) is 11.5 Å². The van der Waals surface area contributed by atoms with Crippen LogP contribution in [-0.4, -0.2) is 19.1 Å². The zero-order chi connectivity index (χ0) is 17.4. The largest absolute Gasteiger partial charge is 0.490 e. The van der Waals surface area contributed by atoms with E-state index in [0.29, 0.717) is 43.2 Å². The molecule has 1 amide bonds. The summed E-state index contributed by atoms with van der Waals surface area (Å²) in [7, 11) is 0. The number of hydrogen-bond acceptors (Lipinski definition) is 3. The molecule has 4 nitrogen and oxygen atoms in total. The maximum Gasteiger partial charge on any atom is 0.224 e. The smallest absolute Gasteiger partial charge is 0.224 e. The van der Waals surface area contributed by atoms with Crippen LogP contribution in [-0.2, 0) is 4.79 Å². The van der Waals surface area contributed by atoms with Gasteiger partial charge in [-0.1, -0.05) is 18.2 Å². The Kier molecular flexibility index (Phi) is 6.61. The summed E-state index contributed by atoms with van der Waals surface area (Å²) in [6.07, 6.45) is 0.855. The van der Waals surface area contributed by atoms with Crippen LogP contribution in [0.5, 0.6) is 11.5 Å².